The largest absolute Gasteiger partial charge is 0.496 e. The van der Waals surface area contributed by atoms with Crippen LogP contribution in [0.5, 0.6) is 17.2 Å². The molecule has 0 bridgehead atoms. The number of pyridine rings is 1. The third-order valence-electron chi connectivity index (χ3n) is 5.29. The second kappa shape index (κ2) is 8.47. The number of ketones is 1. The Labute approximate surface area is 179 Å². The van der Waals surface area contributed by atoms with E-state index in [1.54, 1.807) is 42.7 Å². The predicted octanol–water partition coefficient (Wildman–Crippen LogP) is 3.63. The second-order valence-corrected chi connectivity index (χ2v) is 7.19. The van der Waals surface area contributed by atoms with E-state index in [-0.39, 0.29) is 5.78 Å². The van der Waals surface area contributed by atoms with E-state index < -0.39 is 12.0 Å². The third kappa shape index (κ3) is 3.94. The molecular formula is C24H22N2O5. The fraction of sp³-hybridized carbons (Fsp3) is 0.208. The van der Waals surface area contributed by atoms with Gasteiger partial charge in [0.1, 0.15) is 17.2 Å². The number of nitrogens with two attached hydrogens (primary N) is 1. The Morgan fingerprint density at radius 2 is 1.90 bits per heavy atom. The van der Waals surface area contributed by atoms with Gasteiger partial charge in [0.25, 0.3) is 0 Å². The molecule has 0 radical (unpaired) electrons. The molecule has 2 heterocycles. The third-order valence-corrected chi connectivity index (χ3v) is 5.29. The maximum Gasteiger partial charge on any atom is 0.248 e. The van der Waals surface area contributed by atoms with E-state index in [0.29, 0.717) is 47.0 Å². The number of hydrogen-bond acceptors (Lipinski definition) is 6. The van der Waals surface area contributed by atoms with Gasteiger partial charge in [-0.1, -0.05) is 6.07 Å². The lowest BCUT2D eigenvalue weighted by molar-refractivity contribution is 0.0931. The monoisotopic (exact) mass is 418 g/mol. The summed E-state index contributed by atoms with van der Waals surface area (Å²) >= 11 is 0. The van der Waals surface area contributed by atoms with E-state index in [1.807, 2.05) is 19.1 Å². The van der Waals surface area contributed by atoms with Gasteiger partial charge >= 0.3 is 0 Å². The highest BCUT2D eigenvalue weighted by molar-refractivity contribution is 6.00. The van der Waals surface area contributed by atoms with Gasteiger partial charge in [0.05, 0.1) is 19.3 Å². The number of aromatic nitrogens is 1. The van der Waals surface area contributed by atoms with E-state index >= 15 is 0 Å². The molecule has 0 saturated carbocycles. The van der Waals surface area contributed by atoms with Crippen LogP contribution in [0, 0.1) is 6.92 Å². The Bertz CT molecular complexity index is 1140. The van der Waals surface area contributed by atoms with Crippen molar-refractivity contribution in [2.45, 2.75) is 19.4 Å². The molecule has 2 aromatic carbocycles. The van der Waals surface area contributed by atoms with Crippen molar-refractivity contribution in [3.8, 4) is 17.2 Å². The molecule has 1 amide bonds. The Hall–Kier alpha value is -3.87. The van der Waals surface area contributed by atoms with Crippen LogP contribution in [0.1, 0.15) is 49.9 Å². The first-order valence-corrected chi connectivity index (χ1v) is 9.83. The smallest absolute Gasteiger partial charge is 0.248 e. The number of amides is 1. The molecule has 7 nitrogen and oxygen atoms in total. The number of carbonyl (C=O) groups excluding carboxylic acids is 2. The van der Waals surface area contributed by atoms with E-state index in [9.17, 15) is 9.59 Å². The van der Waals surface area contributed by atoms with Gasteiger partial charge in [-0.15, -0.1) is 0 Å². The predicted molar refractivity (Wildman–Crippen MR) is 114 cm³/mol. The van der Waals surface area contributed by atoms with Crippen LogP contribution < -0.4 is 19.9 Å². The van der Waals surface area contributed by atoms with Crippen molar-refractivity contribution in [3.05, 3.63) is 82.7 Å². The maximum atomic E-state index is 12.2. The summed E-state index contributed by atoms with van der Waals surface area (Å²) in [6.07, 6.45) is 3.17. The van der Waals surface area contributed by atoms with Gasteiger partial charge in [-0.2, -0.15) is 0 Å². The van der Waals surface area contributed by atoms with E-state index in [0.717, 1.165) is 11.1 Å². The van der Waals surface area contributed by atoms with Crippen molar-refractivity contribution in [1.82, 2.24) is 4.98 Å². The number of rotatable bonds is 6. The van der Waals surface area contributed by atoms with Crippen LogP contribution >= 0.6 is 0 Å². The molecular weight excluding hydrogens is 396 g/mol. The topological polar surface area (TPSA) is 101 Å². The van der Waals surface area contributed by atoms with Gasteiger partial charge in [-0.25, -0.2) is 0 Å². The number of primary amides is 1. The van der Waals surface area contributed by atoms with Gasteiger partial charge in [0, 0.05) is 41.1 Å². The summed E-state index contributed by atoms with van der Waals surface area (Å²) in [5, 5.41) is 0. The summed E-state index contributed by atoms with van der Waals surface area (Å²) < 4.78 is 17.7. The van der Waals surface area contributed by atoms with Crippen LogP contribution in [-0.2, 0) is 0 Å². The Morgan fingerprint density at radius 1 is 1.13 bits per heavy atom. The molecule has 1 aromatic heterocycles. The number of hydrogen-bond donors (Lipinski definition) is 1. The first kappa shape index (κ1) is 20.4. The molecule has 31 heavy (non-hydrogen) atoms. The normalized spacial score (nSPS) is 13.7. The molecule has 0 saturated heterocycles. The summed E-state index contributed by atoms with van der Waals surface area (Å²) in [4.78, 5) is 27.9. The van der Waals surface area contributed by atoms with Crippen LogP contribution in [-0.4, -0.2) is 30.4 Å². The minimum absolute atomic E-state index is 0.0605. The molecule has 4 rings (SSSR count). The lowest BCUT2D eigenvalue weighted by atomic mass is 9.98. The van der Waals surface area contributed by atoms with Gasteiger partial charge in [-0.05, 0) is 43.3 Å². The molecule has 158 valence electrons. The first-order valence-electron chi connectivity index (χ1n) is 9.83. The Kier molecular flexibility index (Phi) is 5.58. The van der Waals surface area contributed by atoms with Crippen molar-refractivity contribution in [2.75, 3.05) is 13.7 Å². The van der Waals surface area contributed by atoms with Crippen molar-refractivity contribution < 1.29 is 23.8 Å². The standard InChI is InChI=1S/C24H22N2O5/c1-14-20(6-5-17-19(27)9-12-30-22(14)17)31-23(15-7-10-26-11-8-15)18-4-3-16(24(25)28)13-21(18)29-2/h3-8,10-11,13,23H,9,12H2,1-2H3,(H2,25,28)/t23-/m0/s1. The number of nitrogens with zero attached hydrogens (tertiary/aromatic N) is 1. The van der Waals surface area contributed by atoms with Gasteiger partial charge < -0.3 is 19.9 Å². The number of benzene rings is 2. The Balaban J connectivity index is 1.80. The number of Topliss-reactive ketones (excluding diaryl/α,β-unsaturated/α-hetero) is 1. The van der Waals surface area contributed by atoms with E-state index in [2.05, 4.69) is 4.98 Å². The zero-order valence-electron chi connectivity index (χ0n) is 17.3. The molecule has 0 fully saturated rings. The molecule has 0 unspecified atom stereocenters. The highest BCUT2D eigenvalue weighted by Gasteiger charge is 2.26. The number of fused-ring (bicyclic) bond motifs is 1. The van der Waals surface area contributed by atoms with Crippen molar-refractivity contribution in [3.63, 3.8) is 0 Å². The SMILES string of the molecule is COc1cc(C(N)=O)ccc1[C@@H](Oc1ccc2c(c1C)OCCC2=O)c1ccncc1. The van der Waals surface area contributed by atoms with Gasteiger partial charge in [0.15, 0.2) is 11.9 Å². The zero-order chi connectivity index (χ0) is 22.0. The molecule has 1 atom stereocenters. The average molecular weight is 418 g/mol. The summed E-state index contributed by atoms with van der Waals surface area (Å²) in [5.41, 5.74) is 8.63. The summed E-state index contributed by atoms with van der Waals surface area (Å²) in [5.74, 6) is 1.12. The van der Waals surface area contributed by atoms with Crippen LogP contribution in [0.25, 0.3) is 0 Å². The van der Waals surface area contributed by atoms with Crippen molar-refractivity contribution >= 4 is 11.7 Å². The maximum absolute atomic E-state index is 12.2. The molecule has 7 heteroatoms. The number of ether oxygens (including phenoxy) is 3. The highest BCUT2D eigenvalue weighted by Crippen LogP contribution is 2.40. The number of carbonyl (C=O) groups is 2. The lowest BCUT2D eigenvalue weighted by Gasteiger charge is -2.25. The van der Waals surface area contributed by atoms with E-state index in [4.69, 9.17) is 19.9 Å². The molecule has 2 N–H and O–H groups in total. The second-order valence-electron chi connectivity index (χ2n) is 7.19. The molecule has 0 spiro atoms. The summed E-state index contributed by atoms with van der Waals surface area (Å²) in [6.45, 7) is 2.22. The molecule has 1 aliphatic rings. The van der Waals surface area contributed by atoms with Gasteiger partial charge in [-0.3, -0.25) is 14.6 Å². The van der Waals surface area contributed by atoms with Crippen LogP contribution in [0.15, 0.2) is 54.9 Å². The lowest BCUT2D eigenvalue weighted by Crippen LogP contribution is -2.18. The van der Waals surface area contributed by atoms with E-state index in [1.165, 1.54) is 7.11 Å². The first-order chi connectivity index (χ1) is 15.0. The van der Waals surface area contributed by atoms with Gasteiger partial charge in [0.2, 0.25) is 5.91 Å². The quantitative estimate of drug-likeness (QED) is 0.656. The fourth-order valence-electron chi connectivity index (χ4n) is 3.64. The fourth-order valence-corrected chi connectivity index (χ4v) is 3.64. The van der Waals surface area contributed by atoms with Crippen LogP contribution in [0.3, 0.4) is 0 Å². The average Bonchev–Trinajstić information content (AvgIpc) is 2.79. The molecule has 0 aliphatic carbocycles. The van der Waals surface area contributed by atoms with Crippen LogP contribution in [0.4, 0.5) is 0 Å². The van der Waals surface area contributed by atoms with Crippen molar-refractivity contribution in [1.29, 1.82) is 0 Å². The minimum Gasteiger partial charge on any atom is -0.496 e. The molecule has 3 aromatic rings. The minimum atomic E-state index is -0.559. The summed E-state index contributed by atoms with van der Waals surface area (Å²) in [7, 11) is 1.52. The number of methoxy groups -OCH3 is 1. The zero-order valence-corrected chi connectivity index (χ0v) is 17.3. The highest BCUT2D eigenvalue weighted by atomic mass is 16.5. The van der Waals surface area contributed by atoms with Crippen LogP contribution in [0.2, 0.25) is 0 Å². The Morgan fingerprint density at radius 3 is 2.61 bits per heavy atom. The summed E-state index contributed by atoms with van der Waals surface area (Å²) in [6, 6.07) is 12.2. The molecule has 1 aliphatic heterocycles. The van der Waals surface area contributed by atoms with Crippen molar-refractivity contribution in [2.24, 2.45) is 5.73 Å².